The molecule has 0 unspecified atom stereocenters. The molecule has 2 atom stereocenters. The number of allylic oxidation sites excluding steroid dienone is 4. The number of carbonyl (C=O) groups excluding carboxylic acids is 1. The molecule has 0 saturated heterocycles. The lowest BCUT2D eigenvalue weighted by molar-refractivity contribution is -0.115. The Morgan fingerprint density at radius 1 is 1.44 bits per heavy atom. The van der Waals surface area contributed by atoms with E-state index in [4.69, 9.17) is 0 Å². The van der Waals surface area contributed by atoms with Gasteiger partial charge in [-0.1, -0.05) is 18.2 Å². The molecule has 1 saturated carbocycles. The van der Waals surface area contributed by atoms with Crippen LogP contribution in [0.4, 0.5) is 0 Å². The van der Waals surface area contributed by atoms with Gasteiger partial charge in [0, 0.05) is 5.92 Å². The minimum absolute atomic E-state index is 0.310. The van der Waals surface area contributed by atoms with E-state index >= 15 is 0 Å². The lowest BCUT2D eigenvalue weighted by Gasteiger charge is -1.82. The first kappa shape index (κ1) is 4.98. The van der Waals surface area contributed by atoms with Crippen LogP contribution >= 0.6 is 0 Å². The van der Waals surface area contributed by atoms with Crippen LogP contribution in [-0.4, -0.2) is 5.78 Å². The van der Waals surface area contributed by atoms with E-state index in [0.717, 1.165) is 6.42 Å². The van der Waals surface area contributed by atoms with Crippen molar-refractivity contribution in [2.24, 2.45) is 11.8 Å². The van der Waals surface area contributed by atoms with Crippen molar-refractivity contribution >= 4 is 5.78 Å². The van der Waals surface area contributed by atoms with E-state index in [1.807, 2.05) is 12.2 Å². The quantitative estimate of drug-likeness (QED) is 0.471. The number of rotatable bonds is 0. The molecular formula is C8H8O. The maximum Gasteiger partial charge on any atom is 0.159 e. The molecule has 0 aromatic rings. The van der Waals surface area contributed by atoms with E-state index in [-0.39, 0.29) is 0 Å². The van der Waals surface area contributed by atoms with Gasteiger partial charge in [-0.25, -0.2) is 0 Å². The van der Waals surface area contributed by atoms with Gasteiger partial charge in [-0.15, -0.1) is 0 Å². The minimum Gasteiger partial charge on any atom is -0.295 e. The highest BCUT2D eigenvalue weighted by molar-refractivity contribution is 5.94. The van der Waals surface area contributed by atoms with E-state index < -0.39 is 0 Å². The molecule has 0 heterocycles. The van der Waals surface area contributed by atoms with Gasteiger partial charge in [0.2, 0.25) is 0 Å². The second kappa shape index (κ2) is 1.56. The number of ketones is 1. The molecule has 1 fully saturated rings. The summed E-state index contributed by atoms with van der Waals surface area (Å²) in [7, 11) is 0. The largest absolute Gasteiger partial charge is 0.295 e. The van der Waals surface area contributed by atoms with Gasteiger partial charge in [-0.2, -0.15) is 0 Å². The molecule has 0 amide bonds. The highest BCUT2D eigenvalue weighted by atomic mass is 16.1. The number of hydrogen-bond donors (Lipinski definition) is 0. The summed E-state index contributed by atoms with van der Waals surface area (Å²) >= 11 is 0. The topological polar surface area (TPSA) is 17.1 Å². The summed E-state index contributed by atoms with van der Waals surface area (Å²) in [5.74, 6) is 1.23. The summed E-state index contributed by atoms with van der Waals surface area (Å²) in [5, 5.41) is 0. The zero-order chi connectivity index (χ0) is 6.27. The molecule has 1 nitrogen and oxygen atoms in total. The Hall–Kier alpha value is -0.850. The molecule has 46 valence electrons. The van der Waals surface area contributed by atoms with Crippen molar-refractivity contribution in [1.29, 1.82) is 0 Å². The maximum absolute atomic E-state index is 10.9. The molecule has 0 spiro atoms. The summed E-state index contributed by atoms with van der Waals surface area (Å²) in [6, 6.07) is 0. The van der Waals surface area contributed by atoms with Gasteiger partial charge in [-0.3, -0.25) is 4.79 Å². The molecule has 2 aliphatic carbocycles. The van der Waals surface area contributed by atoms with Gasteiger partial charge >= 0.3 is 0 Å². The molecule has 0 aromatic heterocycles. The zero-order valence-corrected chi connectivity index (χ0v) is 5.08. The van der Waals surface area contributed by atoms with Crippen LogP contribution in [0.3, 0.4) is 0 Å². The van der Waals surface area contributed by atoms with Crippen molar-refractivity contribution in [3.63, 3.8) is 0 Å². The normalized spacial score (nSPS) is 38.0. The Bertz CT molecular complexity index is 201. The second-order valence-corrected chi connectivity index (χ2v) is 2.65. The first-order valence-electron chi connectivity index (χ1n) is 3.26. The van der Waals surface area contributed by atoms with Crippen molar-refractivity contribution in [2.75, 3.05) is 0 Å². The van der Waals surface area contributed by atoms with E-state index in [1.54, 1.807) is 6.08 Å². The molecule has 0 bridgehead atoms. The van der Waals surface area contributed by atoms with Gasteiger partial charge in [0.15, 0.2) is 5.78 Å². The fourth-order valence-corrected chi connectivity index (χ4v) is 1.24. The lowest BCUT2D eigenvalue weighted by atomic mass is 10.2. The van der Waals surface area contributed by atoms with Crippen LogP contribution in [-0.2, 0) is 4.79 Å². The van der Waals surface area contributed by atoms with Crippen molar-refractivity contribution in [1.82, 2.24) is 0 Å². The second-order valence-electron chi connectivity index (χ2n) is 2.65. The highest BCUT2D eigenvalue weighted by Gasteiger charge is 2.39. The van der Waals surface area contributed by atoms with Crippen molar-refractivity contribution in [3.8, 4) is 0 Å². The molecule has 2 aliphatic rings. The number of hydrogen-bond acceptors (Lipinski definition) is 1. The Morgan fingerprint density at radius 2 is 2.33 bits per heavy atom. The molecule has 0 aromatic carbocycles. The Balaban J connectivity index is 2.26. The summed E-state index contributed by atoms with van der Waals surface area (Å²) in [5.41, 5.74) is 0. The van der Waals surface area contributed by atoms with E-state index in [0.29, 0.717) is 17.6 Å². The zero-order valence-electron chi connectivity index (χ0n) is 5.08. The number of fused-ring (bicyclic) bond motifs is 1. The van der Waals surface area contributed by atoms with Crippen LogP contribution in [0.2, 0.25) is 0 Å². The standard InChI is InChI=1S/C8H8O/c9-8-4-2-1-3-6-5-7(6)8/h1-4,6-7H,5H2/t6-,7+/m0/s1. The van der Waals surface area contributed by atoms with E-state index in [2.05, 4.69) is 6.08 Å². The Labute approximate surface area is 54.1 Å². The lowest BCUT2D eigenvalue weighted by Crippen LogP contribution is -1.94. The van der Waals surface area contributed by atoms with Gasteiger partial charge in [0.25, 0.3) is 0 Å². The molecule has 0 N–H and O–H groups in total. The molecule has 0 radical (unpaired) electrons. The van der Waals surface area contributed by atoms with E-state index in [1.165, 1.54) is 0 Å². The third-order valence-electron chi connectivity index (χ3n) is 1.94. The fraction of sp³-hybridized carbons (Fsp3) is 0.375. The fourth-order valence-electron chi connectivity index (χ4n) is 1.24. The minimum atomic E-state index is 0.310. The smallest absolute Gasteiger partial charge is 0.159 e. The first-order chi connectivity index (χ1) is 4.38. The van der Waals surface area contributed by atoms with Crippen LogP contribution in [0, 0.1) is 11.8 Å². The summed E-state index contributed by atoms with van der Waals surface area (Å²) in [6.07, 6.45) is 8.67. The Morgan fingerprint density at radius 3 is 3.22 bits per heavy atom. The van der Waals surface area contributed by atoms with Gasteiger partial charge in [0.1, 0.15) is 0 Å². The van der Waals surface area contributed by atoms with Crippen LogP contribution in [0.25, 0.3) is 0 Å². The molecule has 9 heavy (non-hydrogen) atoms. The van der Waals surface area contributed by atoms with Crippen molar-refractivity contribution in [3.05, 3.63) is 24.3 Å². The van der Waals surface area contributed by atoms with E-state index in [9.17, 15) is 4.79 Å². The predicted octanol–water partition coefficient (Wildman–Crippen LogP) is 1.32. The van der Waals surface area contributed by atoms with Crippen molar-refractivity contribution in [2.45, 2.75) is 6.42 Å². The predicted molar refractivity (Wildman–Crippen MR) is 34.9 cm³/mol. The highest BCUT2D eigenvalue weighted by Crippen LogP contribution is 2.41. The van der Waals surface area contributed by atoms with Crippen molar-refractivity contribution < 1.29 is 4.79 Å². The van der Waals surface area contributed by atoms with Gasteiger partial charge in [-0.05, 0) is 18.4 Å². The van der Waals surface area contributed by atoms with Gasteiger partial charge in [0.05, 0.1) is 0 Å². The molecule has 0 aliphatic heterocycles. The first-order valence-corrected chi connectivity index (χ1v) is 3.26. The van der Waals surface area contributed by atoms with Crippen LogP contribution < -0.4 is 0 Å². The van der Waals surface area contributed by atoms with Crippen LogP contribution in [0.15, 0.2) is 24.3 Å². The Kier molecular flexibility index (Phi) is 0.865. The average Bonchev–Trinajstić information content (AvgIpc) is 2.55. The summed E-state index contributed by atoms with van der Waals surface area (Å²) in [6.45, 7) is 0. The molecule has 2 rings (SSSR count). The SMILES string of the molecule is O=C1C=CC=C[C@H]2C[C@@H]12. The molecular weight excluding hydrogens is 112 g/mol. The monoisotopic (exact) mass is 120 g/mol. The average molecular weight is 120 g/mol. The molecule has 1 heteroatoms. The third-order valence-corrected chi connectivity index (χ3v) is 1.94. The summed E-state index contributed by atoms with van der Waals surface area (Å²) < 4.78 is 0. The third kappa shape index (κ3) is 0.727. The maximum atomic E-state index is 10.9. The summed E-state index contributed by atoms with van der Waals surface area (Å²) in [4.78, 5) is 10.9. The number of carbonyl (C=O) groups is 1. The van der Waals surface area contributed by atoms with Gasteiger partial charge < -0.3 is 0 Å². The van der Waals surface area contributed by atoms with Crippen LogP contribution in [0.5, 0.6) is 0 Å². The van der Waals surface area contributed by atoms with Crippen LogP contribution in [0.1, 0.15) is 6.42 Å².